The van der Waals surface area contributed by atoms with Gasteiger partial charge in [0.25, 0.3) is 0 Å². The highest BCUT2D eigenvalue weighted by Crippen LogP contribution is 2.29. The minimum atomic E-state index is 0.0483. The summed E-state index contributed by atoms with van der Waals surface area (Å²) in [4.78, 5) is 6.92. The summed E-state index contributed by atoms with van der Waals surface area (Å²) in [5, 5.41) is 0. The van der Waals surface area contributed by atoms with Crippen LogP contribution in [0.1, 0.15) is 36.4 Å². The van der Waals surface area contributed by atoms with Gasteiger partial charge in [0.2, 0.25) is 0 Å². The highest BCUT2D eigenvalue weighted by atomic mass is 15.2. The van der Waals surface area contributed by atoms with Crippen molar-refractivity contribution in [3.05, 3.63) is 59.8 Å². The van der Waals surface area contributed by atoms with E-state index in [1.165, 1.54) is 12.0 Å². The van der Waals surface area contributed by atoms with E-state index >= 15 is 0 Å². The summed E-state index contributed by atoms with van der Waals surface area (Å²) < 4.78 is 0. The molecular formula is C17H21N3. The third-order valence-electron chi connectivity index (χ3n) is 4.08. The van der Waals surface area contributed by atoms with Gasteiger partial charge in [0, 0.05) is 31.2 Å². The second kappa shape index (κ2) is 5.63. The lowest BCUT2D eigenvalue weighted by molar-refractivity contribution is 0.773. The van der Waals surface area contributed by atoms with Crippen LogP contribution in [0.15, 0.2) is 48.7 Å². The van der Waals surface area contributed by atoms with Gasteiger partial charge < -0.3 is 10.6 Å². The average Bonchev–Trinajstić information content (AvgIpc) is 2.98. The van der Waals surface area contributed by atoms with E-state index in [0.717, 1.165) is 24.5 Å². The van der Waals surface area contributed by atoms with Crippen molar-refractivity contribution in [1.82, 2.24) is 4.98 Å². The minimum absolute atomic E-state index is 0.0483. The molecule has 1 aliphatic rings. The molecule has 1 fully saturated rings. The van der Waals surface area contributed by atoms with Crippen LogP contribution in [0.25, 0.3) is 0 Å². The van der Waals surface area contributed by atoms with Gasteiger partial charge in [-0.05, 0) is 30.5 Å². The maximum atomic E-state index is 5.86. The summed E-state index contributed by atoms with van der Waals surface area (Å²) in [6, 6.07) is 15.0. The molecule has 1 aromatic heterocycles. The number of hydrogen-bond acceptors (Lipinski definition) is 3. The summed E-state index contributed by atoms with van der Waals surface area (Å²) in [6.45, 7) is 4.11. The highest BCUT2D eigenvalue weighted by Gasteiger charge is 2.24. The second-order valence-corrected chi connectivity index (χ2v) is 5.58. The van der Waals surface area contributed by atoms with Gasteiger partial charge in [-0.2, -0.15) is 0 Å². The molecule has 2 atom stereocenters. The molecule has 0 amide bonds. The predicted molar refractivity (Wildman–Crippen MR) is 82.9 cm³/mol. The van der Waals surface area contributed by atoms with Crippen molar-refractivity contribution in [3.63, 3.8) is 0 Å². The van der Waals surface area contributed by atoms with E-state index in [-0.39, 0.29) is 6.04 Å². The number of pyridine rings is 1. The summed E-state index contributed by atoms with van der Waals surface area (Å²) >= 11 is 0. The second-order valence-electron chi connectivity index (χ2n) is 5.58. The smallest absolute Gasteiger partial charge is 0.128 e. The van der Waals surface area contributed by atoms with Crippen LogP contribution in [-0.4, -0.2) is 18.1 Å². The van der Waals surface area contributed by atoms with Gasteiger partial charge in [-0.3, -0.25) is 0 Å². The number of benzene rings is 1. The molecule has 3 rings (SSSR count). The Morgan fingerprint density at radius 2 is 2.00 bits per heavy atom. The molecule has 1 aromatic carbocycles. The zero-order valence-corrected chi connectivity index (χ0v) is 11.9. The molecule has 2 heterocycles. The SMILES string of the molecule is CC(N)c1ccc(N2CCC(c3ccccc3)C2)nc1. The average molecular weight is 267 g/mol. The van der Waals surface area contributed by atoms with E-state index in [4.69, 9.17) is 5.73 Å². The van der Waals surface area contributed by atoms with E-state index in [2.05, 4.69) is 52.3 Å². The van der Waals surface area contributed by atoms with Gasteiger partial charge in [-0.25, -0.2) is 4.98 Å². The monoisotopic (exact) mass is 267 g/mol. The van der Waals surface area contributed by atoms with E-state index in [0.29, 0.717) is 5.92 Å². The maximum absolute atomic E-state index is 5.86. The minimum Gasteiger partial charge on any atom is -0.356 e. The molecule has 1 aliphatic heterocycles. The summed E-state index contributed by atoms with van der Waals surface area (Å²) in [7, 11) is 0. The highest BCUT2D eigenvalue weighted by molar-refractivity contribution is 5.42. The molecule has 104 valence electrons. The van der Waals surface area contributed by atoms with Crippen molar-refractivity contribution >= 4 is 5.82 Å². The fourth-order valence-corrected chi connectivity index (χ4v) is 2.82. The third-order valence-corrected chi connectivity index (χ3v) is 4.08. The molecule has 3 heteroatoms. The summed E-state index contributed by atoms with van der Waals surface area (Å²) in [5.74, 6) is 1.68. The molecule has 0 saturated carbocycles. The molecule has 0 spiro atoms. The Hall–Kier alpha value is -1.87. The van der Waals surface area contributed by atoms with Crippen LogP contribution in [0.3, 0.4) is 0 Å². The molecule has 0 bridgehead atoms. The Morgan fingerprint density at radius 3 is 2.65 bits per heavy atom. The Kier molecular flexibility index (Phi) is 3.70. The first-order chi connectivity index (χ1) is 9.74. The van der Waals surface area contributed by atoms with Gasteiger partial charge in [-0.1, -0.05) is 36.4 Å². The first kappa shape index (κ1) is 13.1. The van der Waals surface area contributed by atoms with Crippen LogP contribution in [0.5, 0.6) is 0 Å². The van der Waals surface area contributed by atoms with Crippen molar-refractivity contribution in [2.45, 2.75) is 25.3 Å². The number of nitrogens with two attached hydrogens (primary N) is 1. The first-order valence-corrected chi connectivity index (χ1v) is 7.25. The van der Waals surface area contributed by atoms with Gasteiger partial charge >= 0.3 is 0 Å². The third kappa shape index (κ3) is 2.68. The number of anilines is 1. The molecule has 3 nitrogen and oxygen atoms in total. The zero-order chi connectivity index (χ0) is 13.9. The van der Waals surface area contributed by atoms with Crippen molar-refractivity contribution in [2.24, 2.45) is 5.73 Å². The van der Waals surface area contributed by atoms with Crippen molar-refractivity contribution < 1.29 is 0 Å². The Labute approximate surface area is 120 Å². The summed E-state index contributed by atoms with van der Waals surface area (Å²) in [5.41, 5.74) is 8.38. The number of nitrogens with zero attached hydrogens (tertiary/aromatic N) is 2. The zero-order valence-electron chi connectivity index (χ0n) is 11.9. The van der Waals surface area contributed by atoms with Crippen molar-refractivity contribution in [2.75, 3.05) is 18.0 Å². The van der Waals surface area contributed by atoms with Crippen LogP contribution in [0.4, 0.5) is 5.82 Å². The van der Waals surface area contributed by atoms with E-state index in [9.17, 15) is 0 Å². The van der Waals surface area contributed by atoms with Gasteiger partial charge in [0.15, 0.2) is 0 Å². The Bertz CT molecular complexity index is 548. The molecule has 2 unspecified atom stereocenters. The lowest BCUT2D eigenvalue weighted by Crippen LogP contribution is -2.20. The van der Waals surface area contributed by atoms with E-state index in [1.54, 1.807) is 0 Å². The topological polar surface area (TPSA) is 42.1 Å². The lowest BCUT2D eigenvalue weighted by atomic mass is 9.99. The molecule has 2 aromatic rings. The van der Waals surface area contributed by atoms with Gasteiger partial charge in [-0.15, -0.1) is 0 Å². The fourth-order valence-electron chi connectivity index (χ4n) is 2.82. The molecule has 20 heavy (non-hydrogen) atoms. The lowest BCUT2D eigenvalue weighted by Gasteiger charge is -2.18. The van der Waals surface area contributed by atoms with Crippen LogP contribution < -0.4 is 10.6 Å². The quantitative estimate of drug-likeness (QED) is 0.929. The number of aromatic nitrogens is 1. The molecular weight excluding hydrogens is 246 g/mol. The van der Waals surface area contributed by atoms with Crippen LogP contribution >= 0.6 is 0 Å². The Morgan fingerprint density at radius 1 is 1.20 bits per heavy atom. The van der Waals surface area contributed by atoms with Crippen molar-refractivity contribution in [1.29, 1.82) is 0 Å². The summed E-state index contributed by atoms with van der Waals surface area (Å²) in [6.07, 6.45) is 3.09. The predicted octanol–water partition coefficient (Wildman–Crippen LogP) is 3.10. The molecule has 2 N–H and O–H groups in total. The van der Waals surface area contributed by atoms with Crippen LogP contribution in [-0.2, 0) is 0 Å². The molecule has 0 aliphatic carbocycles. The van der Waals surface area contributed by atoms with E-state index in [1.807, 2.05) is 13.1 Å². The first-order valence-electron chi connectivity index (χ1n) is 7.25. The standard InChI is InChI=1S/C17H21N3/c1-13(18)15-7-8-17(19-11-15)20-10-9-16(12-20)14-5-3-2-4-6-14/h2-8,11,13,16H,9-10,12,18H2,1H3. The van der Waals surface area contributed by atoms with Crippen LogP contribution in [0.2, 0.25) is 0 Å². The number of rotatable bonds is 3. The Balaban J connectivity index is 1.71. The molecule has 1 saturated heterocycles. The normalized spacial score (nSPS) is 20.1. The largest absolute Gasteiger partial charge is 0.356 e. The van der Waals surface area contributed by atoms with E-state index < -0.39 is 0 Å². The van der Waals surface area contributed by atoms with Crippen molar-refractivity contribution in [3.8, 4) is 0 Å². The fraction of sp³-hybridized carbons (Fsp3) is 0.353. The number of hydrogen-bond donors (Lipinski definition) is 1. The molecule has 0 radical (unpaired) electrons. The maximum Gasteiger partial charge on any atom is 0.128 e. The van der Waals surface area contributed by atoms with Gasteiger partial charge in [0.1, 0.15) is 5.82 Å². The van der Waals surface area contributed by atoms with Crippen LogP contribution in [0, 0.1) is 0 Å². The van der Waals surface area contributed by atoms with Gasteiger partial charge in [0.05, 0.1) is 0 Å².